The lowest BCUT2D eigenvalue weighted by Crippen LogP contribution is -2.43. The fourth-order valence-corrected chi connectivity index (χ4v) is 3.63. The Kier molecular flexibility index (Phi) is 5.65. The second kappa shape index (κ2) is 6.51. The molecule has 0 aliphatic rings. The van der Waals surface area contributed by atoms with Crippen LogP contribution in [0.2, 0.25) is 5.02 Å². The number of nitrogens with zero attached hydrogens (tertiary/aromatic N) is 1. The molecule has 0 unspecified atom stereocenters. The first-order valence-corrected chi connectivity index (χ1v) is 7.78. The van der Waals surface area contributed by atoms with Gasteiger partial charge in [-0.05, 0) is 31.5 Å². The molecule has 0 aliphatic heterocycles. The topological polar surface area (TPSA) is 57.6 Å². The first kappa shape index (κ1) is 18.2. The number of halogens is 4. The first-order valence-electron chi connectivity index (χ1n) is 5.97. The van der Waals surface area contributed by atoms with Gasteiger partial charge >= 0.3 is 6.18 Å². The molecule has 21 heavy (non-hydrogen) atoms. The fraction of sp³-hybridized carbons (Fsp3) is 0.500. The Morgan fingerprint density at radius 1 is 1.33 bits per heavy atom. The highest BCUT2D eigenvalue weighted by atomic mass is 35.5. The Balaban J connectivity index is 3.26. The minimum absolute atomic E-state index is 0.0192. The van der Waals surface area contributed by atoms with Gasteiger partial charge < -0.3 is 5.11 Å². The number of rotatable bonds is 5. The van der Waals surface area contributed by atoms with Crippen LogP contribution in [0.15, 0.2) is 23.1 Å². The predicted octanol–water partition coefficient (Wildman–Crippen LogP) is 2.79. The van der Waals surface area contributed by atoms with E-state index >= 15 is 0 Å². The summed E-state index contributed by atoms with van der Waals surface area (Å²) in [6, 6.07) is 2.56. The quantitative estimate of drug-likeness (QED) is 0.892. The molecule has 120 valence electrons. The van der Waals surface area contributed by atoms with Gasteiger partial charge in [-0.25, -0.2) is 8.42 Å². The molecule has 9 heteroatoms. The highest BCUT2D eigenvalue weighted by molar-refractivity contribution is 7.89. The SMILES string of the molecule is CC(C)N(CC(F)(F)F)S(=O)(=O)c1ccc(CO)c(Cl)c1. The number of sulfonamides is 1. The smallest absolute Gasteiger partial charge is 0.392 e. The Bertz CT molecular complexity index is 602. The molecule has 0 saturated heterocycles. The van der Waals surface area contributed by atoms with Gasteiger partial charge in [0.25, 0.3) is 0 Å². The summed E-state index contributed by atoms with van der Waals surface area (Å²) < 4.78 is 62.6. The van der Waals surface area contributed by atoms with Gasteiger partial charge in [0.05, 0.1) is 11.5 Å². The van der Waals surface area contributed by atoms with E-state index < -0.39 is 35.4 Å². The van der Waals surface area contributed by atoms with Gasteiger partial charge in [-0.3, -0.25) is 0 Å². The predicted molar refractivity (Wildman–Crippen MR) is 72.5 cm³/mol. The highest BCUT2D eigenvalue weighted by Crippen LogP contribution is 2.27. The summed E-state index contributed by atoms with van der Waals surface area (Å²) in [4.78, 5) is -0.345. The van der Waals surface area contributed by atoms with Crippen molar-refractivity contribution in [1.82, 2.24) is 4.31 Å². The van der Waals surface area contributed by atoms with E-state index in [1.807, 2.05) is 0 Å². The van der Waals surface area contributed by atoms with Crippen LogP contribution in [0, 0.1) is 0 Å². The van der Waals surface area contributed by atoms with E-state index in [0.717, 1.165) is 12.1 Å². The van der Waals surface area contributed by atoms with Gasteiger partial charge in [0, 0.05) is 11.1 Å². The van der Waals surface area contributed by atoms with Crippen molar-refractivity contribution in [3.05, 3.63) is 28.8 Å². The molecular weight excluding hydrogens is 331 g/mol. The zero-order chi connectivity index (χ0) is 16.4. The van der Waals surface area contributed by atoms with E-state index in [4.69, 9.17) is 16.7 Å². The van der Waals surface area contributed by atoms with E-state index in [1.165, 1.54) is 19.9 Å². The van der Waals surface area contributed by atoms with Crippen molar-refractivity contribution in [2.75, 3.05) is 6.54 Å². The summed E-state index contributed by atoms with van der Waals surface area (Å²) in [5.41, 5.74) is 0.294. The third-order valence-corrected chi connectivity index (χ3v) is 5.08. The standard InChI is InChI=1S/C12H15ClF3NO3S/c1-8(2)17(7-12(14,15)16)21(19,20)10-4-3-9(6-18)11(13)5-10/h3-5,8,18H,6-7H2,1-2H3. The van der Waals surface area contributed by atoms with Crippen LogP contribution >= 0.6 is 11.6 Å². The summed E-state index contributed by atoms with van der Waals surface area (Å²) in [5.74, 6) is 0. The van der Waals surface area contributed by atoms with Crippen LogP contribution in [-0.2, 0) is 16.6 Å². The molecule has 1 aromatic rings. The zero-order valence-electron chi connectivity index (χ0n) is 11.4. The Hall–Kier alpha value is -0.830. The van der Waals surface area contributed by atoms with Crippen LogP contribution in [-0.4, -0.2) is 36.6 Å². The first-order chi connectivity index (χ1) is 9.49. The lowest BCUT2D eigenvalue weighted by molar-refractivity contribution is -0.138. The molecule has 0 radical (unpaired) electrons. The van der Waals surface area contributed by atoms with Crippen LogP contribution in [0.3, 0.4) is 0 Å². The van der Waals surface area contributed by atoms with Gasteiger partial charge in [-0.15, -0.1) is 0 Å². The van der Waals surface area contributed by atoms with Gasteiger partial charge in [0.15, 0.2) is 0 Å². The van der Waals surface area contributed by atoms with Gasteiger partial charge in [0.2, 0.25) is 10.0 Å². The van der Waals surface area contributed by atoms with Crippen molar-refractivity contribution < 1.29 is 26.7 Å². The molecule has 4 nitrogen and oxygen atoms in total. The van der Waals surface area contributed by atoms with Crippen molar-refractivity contribution in [1.29, 1.82) is 0 Å². The molecule has 1 aromatic carbocycles. The van der Waals surface area contributed by atoms with Crippen molar-refractivity contribution in [3.63, 3.8) is 0 Å². The summed E-state index contributed by atoms with van der Waals surface area (Å²) in [5, 5.41) is 8.95. The number of hydrogen-bond acceptors (Lipinski definition) is 3. The Morgan fingerprint density at radius 2 is 1.90 bits per heavy atom. The third kappa shape index (κ3) is 4.57. The lowest BCUT2D eigenvalue weighted by atomic mass is 10.2. The second-order valence-electron chi connectivity index (χ2n) is 4.67. The minimum Gasteiger partial charge on any atom is -0.392 e. The number of aliphatic hydroxyl groups excluding tert-OH is 1. The van der Waals surface area contributed by atoms with Gasteiger partial charge in [0.1, 0.15) is 6.54 Å². The fourth-order valence-electron chi connectivity index (χ4n) is 1.67. The molecule has 0 aromatic heterocycles. The number of hydrogen-bond donors (Lipinski definition) is 1. The van der Waals surface area contributed by atoms with Gasteiger partial charge in [-0.2, -0.15) is 17.5 Å². The summed E-state index contributed by atoms with van der Waals surface area (Å²) in [6.07, 6.45) is -4.65. The van der Waals surface area contributed by atoms with Crippen molar-refractivity contribution in [2.24, 2.45) is 0 Å². The van der Waals surface area contributed by atoms with E-state index in [1.54, 1.807) is 0 Å². The molecular formula is C12H15ClF3NO3S. The Labute approximate surface area is 126 Å². The zero-order valence-corrected chi connectivity index (χ0v) is 12.9. The normalized spacial score (nSPS) is 13.2. The summed E-state index contributed by atoms with van der Waals surface area (Å²) >= 11 is 5.79. The largest absolute Gasteiger partial charge is 0.402 e. The Morgan fingerprint density at radius 3 is 2.29 bits per heavy atom. The lowest BCUT2D eigenvalue weighted by Gasteiger charge is -2.27. The molecule has 1 rings (SSSR count). The van der Waals surface area contributed by atoms with E-state index in [9.17, 15) is 21.6 Å². The van der Waals surface area contributed by atoms with Crippen molar-refractivity contribution >= 4 is 21.6 Å². The molecule has 1 N–H and O–H groups in total. The van der Waals surface area contributed by atoms with Crippen LogP contribution in [0.25, 0.3) is 0 Å². The van der Waals surface area contributed by atoms with Crippen LogP contribution in [0.1, 0.15) is 19.4 Å². The van der Waals surface area contributed by atoms with Crippen LogP contribution < -0.4 is 0 Å². The highest BCUT2D eigenvalue weighted by Gasteiger charge is 2.38. The third-order valence-electron chi connectivity index (χ3n) is 2.71. The average molecular weight is 346 g/mol. The maximum atomic E-state index is 12.5. The molecule has 0 aliphatic carbocycles. The summed E-state index contributed by atoms with van der Waals surface area (Å²) in [7, 11) is -4.33. The number of benzene rings is 1. The molecule has 0 fully saturated rings. The molecule has 0 bridgehead atoms. The van der Waals surface area contributed by atoms with Crippen molar-refractivity contribution in [3.8, 4) is 0 Å². The minimum atomic E-state index is -4.65. The average Bonchev–Trinajstić information content (AvgIpc) is 2.34. The van der Waals surface area contributed by atoms with Crippen molar-refractivity contribution in [2.45, 2.75) is 37.6 Å². The van der Waals surface area contributed by atoms with Gasteiger partial charge in [-0.1, -0.05) is 17.7 Å². The molecule has 0 amide bonds. The maximum Gasteiger partial charge on any atom is 0.402 e. The molecule has 0 spiro atoms. The monoisotopic (exact) mass is 345 g/mol. The molecule has 0 saturated carbocycles. The van der Waals surface area contributed by atoms with Crippen LogP contribution in [0.4, 0.5) is 13.2 Å². The molecule has 0 atom stereocenters. The van der Waals surface area contributed by atoms with E-state index in [-0.39, 0.29) is 9.92 Å². The molecule has 0 heterocycles. The van der Waals surface area contributed by atoms with E-state index in [2.05, 4.69) is 0 Å². The van der Waals surface area contributed by atoms with E-state index in [0.29, 0.717) is 9.87 Å². The summed E-state index contributed by atoms with van der Waals surface area (Å²) in [6.45, 7) is 0.738. The van der Waals surface area contributed by atoms with Crippen LogP contribution in [0.5, 0.6) is 0 Å². The maximum absolute atomic E-state index is 12.5. The second-order valence-corrected chi connectivity index (χ2v) is 6.97. The number of alkyl halides is 3. The number of aliphatic hydroxyl groups is 1.